The van der Waals surface area contributed by atoms with Crippen LogP contribution in [0.4, 0.5) is 0 Å². The Labute approximate surface area is 139 Å². The molecule has 1 amide bonds. The smallest absolute Gasteiger partial charge is 0.233 e. The van der Waals surface area contributed by atoms with E-state index < -0.39 is 0 Å². The number of hydrogen-bond donors (Lipinski definition) is 1. The van der Waals surface area contributed by atoms with Crippen LogP contribution in [0.1, 0.15) is 20.3 Å². The first-order valence-electron chi connectivity index (χ1n) is 7.57. The summed E-state index contributed by atoms with van der Waals surface area (Å²) in [5.41, 5.74) is 1.78. The van der Waals surface area contributed by atoms with Gasteiger partial charge in [0.25, 0.3) is 0 Å². The van der Waals surface area contributed by atoms with Crippen LogP contribution in [0.15, 0.2) is 23.4 Å². The number of fused-ring (bicyclic) bond motifs is 1. The normalized spacial score (nSPS) is 22.2. The molecule has 118 valence electrons. The summed E-state index contributed by atoms with van der Waals surface area (Å²) in [5.74, 6) is 1.80. The van der Waals surface area contributed by atoms with Crippen LogP contribution in [0.5, 0.6) is 0 Å². The molecule has 2 aromatic rings. The van der Waals surface area contributed by atoms with Gasteiger partial charge in [0.2, 0.25) is 5.91 Å². The number of thioether (sulfide) groups is 1. The van der Waals surface area contributed by atoms with E-state index in [1.807, 2.05) is 23.1 Å². The standard InChI is InChI=1S/C16H20ClN3OS/c1-10-5-11(2)8-20(7-10)15(21)9-22-16-18-13-4-3-12(17)6-14(13)19-16/h3-4,6,10-11H,5,7-9H2,1-2H3,(H,18,19)/t10-,11+. The number of halogens is 1. The minimum absolute atomic E-state index is 0.196. The highest BCUT2D eigenvalue weighted by atomic mass is 35.5. The van der Waals surface area contributed by atoms with Crippen molar-refractivity contribution in [3.8, 4) is 0 Å². The minimum Gasteiger partial charge on any atom is -0.341 e. The van der Waals surface area contributed by atoms with Gasteiger partial charge in [-0.15, -0.1) is 0 Å². The lowest BCUT2D eigenvalue weighted by molar-refractivity contribution is -0.130. The van der Waals surface area contributed by atoms with Gasteiger partial charge in [0.1, 0.15) is 0 Å². The number of hydrogen-bond acceptors (Lipinski definition) is 3. The average Bonchev–Trinajstić information content (AvgIpc) is 2.85. The molecule has 0 aliphatic carbocycles. The highest BCUT2D eigenvalue weighted by molar-refractivity contribution is 7.99. The second-order valence-corrected chi connectivity index (χ2v) is 7.64. The number of likely N-dealkylation sites (tertiary alicyclic amines) is 1. The van der Waals surface area contributed by atoms with Crippen LogP contribution in [0.25, 0.3) is 11.0 Å². The van der Waals surface area contributed by atoms with Crippen LogP contribution in [-0.2, 0) is 4.79 Å². The molecule has 0 unspecified atom stereocenters. The molecule has 1 aliphatic rings. The SMILES string of the molecule is C[C@@H]1C[C@H](C)CN(C(=O)CSc2nc3ccc(Cl)cc3[nH]2)C1. The van der Waals surface area contributed by atoms with Crippen molar-refractivity contribution < 1.29 is 4.79 Å². The van der Waals surface area contributed by atoms with Gasteiger partial charge in [0, 0.05) is 18.1 Å². The third-order valence-electron chi connectivity index (χ3n) is 3.98. The van der Waals surface area contributed by atoms with Gasteiger partial charge in [-0.2, -0.15) is 0 Å². The van der Waals surface area contributed by atoms with Crippen molar-refractivity contribution in [1.29, 1.82) is 0 Å². The van der Waals surface area contributed by atoms with Crippen molar-refractivity contribution in [3.05, 3.63) is 23.2 Å². The second kappa shape index (κ2) is 6.50. The Kier molecular flexibility index (Phi) is 4.64. The monoisotopic (exact) mass is 337 g/mol. The lowest BCUT2D eigenvalue weighted by atomic mass is 9.92. The van der Waals surface area contributed by atoms with E-state index in [0.29, 0.717) is 22.6 Å². The van der Waals surface area contributed by atoms with Crippen molar-refractivity contribution in [1.82, 2.24) is 14.9 Å². The predicted octanol–water partition coefficient (Wildman–Crippen LogP) is 3.81. The molecule has 6 heteroatoms. The van der Waals surface area contributed by atoms with Gasteiger partial charge in [-0.1, -0.05) is 37.2 Å². The van der Waals surface area contributed by atoms with Crippen LogP contribution < -0.4 is 0 Å². The Morgan fingerprint density at radius 3 is 2.86 bits per heavy atom. The van der Waals surface area contributed by atoms with Gasteiger partial charge >= 0.3 is 0 Å². The number of carbonyl (C=O) groups excluding carboxylic acids is 1. The zero-order valence-electron chi connectivity index (χ0n) is 12.8. The number of carbonyl (C=O) groups is 1. The predicted molar refractivity (Wildman–Crippen MR) is 91.4 cm³/mol. The summed E-state index contributed by atoms with van der Waals surface area (Å²) < 4.78 is 0. The number of rotatable bonds is 3. The van der Waals surface area contributed by atoms with E-state index in [-0.39, 0.29) is 5.91 Å². The second-order valence-electron chi connectivity index (χ2n) is 6.24. The summed E-state index contributed by atoms with van der Waals surface area (Å²) in [6.45, 7) is 6.18. The van der Waals surface area contributed by atoms with Gasteiger partial charge in [0.05, 0.1) is 16.8 Å². The molecule has 1 aliphatic heterocycles. The lowest BCUT2D eigenvalue weighted by Gasteiger charge is -2.34. The molecule has 1 N–H and O–H groups in total. The number of H-pyrrole nitrogens is 1. The number of piperidine rings is 1. The first kappa shape index (κ1) is 15.7. The number of aromatic amines is 1. The number of benzene rings is 1. The Bertz CT molecular complexity index is 677. The molecule has 22 heavy (non-hydrogen) atoms. The summed E-state index contributed by atoms with van der Waals surface area (Å²) in [6.07, 6.45) is 1.21. The van der Waals surface area contributed by atoms with Crippen LogP contribution in [-0.4, -0.2) is 39.6 Å². The Hall–Kier alpha value is -1.20. The largest absolute Gasteiger partial charge is 0.341 e. The third kappa shape index (κ3) is 3.58. The van der Waals surface area contributed by atoms with Gasteiger partial charge in [-0.25, -0.2) is 4.98 Å². The Morgan fingerprint density at radius 2 is 2.14 bits per heavy atom. The van der Waals surface area contributed by atoms with E-state index in [9.17, 15) is 4.79 Å². The molecule has 0 spiro atoms. The summed E-state index contributed by atoms with van der Waals surface area (Å²) >= 11 is 7.42. The summed E-state index contributed by atoms with van der Waals surface area (Å²) in [6, 6.07) is 5.55. The zero-order valence-corrected chi connectivity index (χ0v) is 14.4. The molecule has 3 rings (SSSR count). The lowest BCUT2D eigenvalue weighted by Crippen LogP contribution is -2.43. The molecule has 0 radical (unpaired) electrons. The van der Waals surface area contributed by atoms with Crippen LogP contribution in [0.3, 0.4) is 0 Å². The molecular formula is C16H20ClN3OS. The van der Waals surface area contributed by atoms with E-state index in [1.165, 1.54) is 18.2 Å². The van der Waals surface area contributed by atoms with E-state index in [0.717, 1.165) is 29.3 Å². The zero-order chi connectivity index (χ0) is 15.7. The topological polar surface area (TPSA) is 49.0 Å². The van der Waals surface area contributed by atoms with Crippen LogP contribution >= 0.6 is 23.4 Å². The van der Waals surface area contributed by atoms with Crippen molar-refractivity contribution >= 4 is 40.3 Å². The fraction of sp³-hybridized carbons (Fsp3) is 0.500. The maximum absolute atomic E-state index is 12.4. The van der Waals surface area contributed by atoms with E-state index >= 15 is 0 Å². The fourth-order valence-corrected chi connectivity index (χ4v) is 4.07. The molecule has 0 saturated carbocycles. The first-order valence-corrected chi connectivity index (χ1v) is 8.93. The summed E-state index contributed by atoms with van der Waals surface area (Å²) in [7, 11) is 0. The highest BCUT2D eigenvalue weighted by Gasteiger charge is 2.25. The molecule has 4 nitrogen and oxygen atoms in total. The third-order valence-corrected chi connectivity index (χ3v) is 5.07. The molecule has 1 saturated heterocycles. The molecule has 1 aromatic heterocycles. The van der Waals surface area contributed by atoms with Crippen molar-refractivity contribution in [2.45, 2.75) is 25.4 Å². The van der Waals surface area contributed by atoms with Crippen molar-refractivity contribution in [2.24, 2.45) is 11.8 Å². The van der Waals surface area contributed by atoms with Crippen molar-refractivity contribution in [3.63, 3.8) is 0 Å². The van der Waals surface area contributed by atoms with Crippen LogP contribution in [0.2, 0.25) is 5.02 Å². The number of aromatic nitrogens is 2. The van der Waals surface area contributed by atoms with E-state index in [1.54, 1.807) is 0 Å². The number of nitrogens with one attached hydrogen (secondary N) is 1. The average molecular weight is 338 g/mol. The maximum atomic E-state index is 12.4. The summed E-state index contributed by atoms with van der Waals surface area (Å²) in [5, 5.41) is 1.45. The molecular weight excluding hydrogens is 318 g/mol. The van der Waals surface area contributed by atoms with Gasteiger partial charge in [-0.05, 0) is 36.5 Å². The first-order chi connectivity index (χ1) is 10.5. The van der Waals surface area contributed by atoms with E-state index in [4.69, 9.17) is 11.6 Å². The van der Waals surface area contributed by atoms with Crippen molar-refractivity contribution in [2.75, 3.05) is 18.8 Å². The molecule has 2 atom stereocenters. The van der Waals surface area contributed by atoms with Gasteiger partial charge in [0.15, 0.2) is 5.16 Å². The number of amides is 1. The summed E-state index contributed by atoms with van der Waals surface area (Å²) in [4.78, 5) is 22.1. The number of nitrogens with zero attached hydrogens (tertiary/aromatic N) is 2. The van der Waals surface area contributed by atoms with Gasteiger partial charge in [-0.3, -0.25) is 4.79 Å². The van der Waals surface area contributed by atoms with Crippen LogP contribution in [0, 0.1) is 11.8 Å². The fourth-order valence-electron chi connectivity index (χ4n) is 3.11. The number of imidazole rings is 1. The van der Waals surface area contributed by atoms with Gasteiger partial charge < -0.3 is 9.88 Å². The Morgan fingerprint density at radius 1 is 1.41 bits per heavy atom. The van der Waals surface area contributed by atoms with E-state index in [2.05, 4.69) is 23.8 Å². The molecule has 1 aromatic carbocycles. The molecule has 0 bridgehead atoms. The minimum atomic E-state index is 0.196. The Balaban J connectivity index is 1.62. The molecule has 2 heterocycles. The highest BCUT2D eigenvalue weighted by Crippen LogP contribution is 2.24. The quantitative estimate of drug-likeness (QED) is 0.866. The molecule has 1 fully saturated rings. The maximum Gasteiger partial charge on any atom is 0.233 e.